The number of aromatic nitrogens is 1. The molecule has 0 amide bonds. The highest BCUT2D eigenvalue weighted by Gasteiger charge is 2.36. The van der Waals surface area contributed by atoms with Gasteiger partial charge in [0.1, 0.15) is 0 Å². The molecule has 1 aromatic heterocycles. The molecule has 1 N–H and O–H groups in total. The number of likely N-dealkylation sites (N-methyl/N-ethyl adjacent to an activating group) is 1. The monoisotopic (exact) mass is 295 g/mol. The Labute approximate surface area is 127 Å². The van der Waals surface area contributed by atoms with Crippen molar-refractivity contribution in [1.29, 1.82) is 0 Å². The first-order valence-electron chi connectivity index (χ1n) is 7.74. The minimum absolute atomic E-state index is 0.339. The Morgan fingerprint density at radius 2 is 2.15 bits per heavy atom. The second-order valence-electron chi connectivity index (χ2n) is 6.67. The van der Waals surface area contributed by atoms with Crippen LogP contribution in [0.4, 0.5) is 0 Å². The lowest BCUT2D eigenvalue weighted by Crippen LogP contribution is -2.54. The molecule has 3 nitrogen and oxygen atoms in total. The van der Waals surface area contributed by atoms with Crippen molar-refractivity contribution in [3.05, 3.63) is 15.6 Å². The molecule has 114 valence electrons. The Morgan fingerprint density at radius 3 is 2.70 bits per heavy atom. The SMILES string of the molecule is Cc1nc(C)c(CNCC2(N(C)C)CCCC(C)C2)s1. The molecule has 2 unspecified atom stereocenters. The third-order valence-corrected chi connectivity index (χ3v) is 5.83. The van der Waals surface area contributed by atoms with Crippen LogP contribution in [0.5, 0.6) is 0 Å². The quantitative estimate of drug-likeness (QED) is 0.903. The summed E-state index contributed by atoms with van der Waals surface area (Å²) in [6.45, 7) is 8.65. The maximum atomic E-state index is 4.51. The molecule has 0 radical (unpaired) electrons. The van der Waals surface area contributed by atoms with E-state index in [4.69, 9.17) is 0 Å². The molecule has 2 atom stereocenters. The van der Waals surface area contributed by atoms with Crippen LogP contribution >= 0.6 is 11.3 Å². The zero-order valence-electron chi connectivity index (χ0n) is 13.6. The molecule has 1 saturated carbocycles. The van der Waals surface area contributed by atoms with Crippen LogP contribution < -0.4 is 5.32 Å². The van der Waals surface area contributed by atoms with E-state index in [2.05, 4.69) is 50.1 Å². The number of hydrogen-bond acceptors (Lipinski definition) is 4. The lowest BCUT2D eigenvalue weighted by atomic mass is 9.75. The van der Waals surface area contributed by atoms with Crippen molar-refractivity contribution in [2.24, 2.45) is 5.92 Å². The van der Waals surface area contributed by atoms with Gasteiger partial charge in [0.15, 0.2) is 0 Å². The average Bonchev–Trinajstić information content (AvgIpc) is 2.68. The van der Waals surface area contributed by atoms with E-state index in [-0.39, 0.29) is 0 Å². The largest absolute Gasteiger partial charge is 0.310 e. The van der Waals surface area contributed by atoms with Crippen molar-refractivity contribution < 1.29 is 0 Å². The van der Waals surface area contributed by atoms with Gasteiger partial charge in [-0.2, -0.15) is 0 Å². The molecular formula is C16H29N3S. The van der Waals surface area contributed by atoms with Gasteiger partial charge in [-0.15, -0.1) is 11.3 Å². The second kappa shape index (κ2) is 6.54. The van der Waals surface area contributed by atoms with Crippen LogP contribution in [0.25, 0.3) is 0 Å². The van der Waals surface area contributed by atoms with Gasteiger partial charge >= 0.3 is 0 Å². The standard InChI is InChI=1S/C16H29N3S/c1-12-7-6-8-16(9-12,19(4)5)11-17-10-15-13(2)18-14(3)20-15/h12,17H,6-11H2,1-5H3. The number of thiazole rings is 1. The number of hydrogen-bond donors (Lipinski definition) is 1. The Bertz CT molecular complexity index is 441. The predicted octanol–water partition coefficient (Wildman–Crippen LogP) is 3.36. The van der Waals surface area contributed by atoms with Crippen molar-refractivity contribution in [1.82, 2.24) is 15.2 Å². The maximum Gasteiger partial charge on any atom is 0.0900 e. The molecule has 1 aromatic rings. The number of rotatable bonds is 5. The van der Waals surface area contributed by atoms with Crippen LogP contribution in [0, 0.1) is 19.8 Å². The van der Waals surface area contributed by atoms with Gasteiger partial charge in [0.05, 0.1) is 10.7 Å². The zero-order chi connectivity index (χ0) is 14.8. The molecule has 0 bridgehead atoms. The van der Waals surface area contributed by atoms with E-state index in [1.54, 1.807) is 0 Å². The van der Waals surface area contributed by atoms with Crippen molar-refractivity contribution in [2.75, 3.05) is 20.6 Å². The van der Waals surface area contributed by atoms with Gasteiger partial charge in [-0.25, -0.2) is 4.98 Å². The molecule has 0 aliphatic heterocycles. The van der Waals surface area contributed by atoms with Crippen LogP contribution in [0.3, 0.4) is 0 Å². The average molecular weight is 295 g/mol. The fourth-order valence-corrected chi connectivity index (χ4v) is 4.41. The molecule has 1 heterocycles. The van der Waals surface area contributed by atoms with Gasteiger partial charge in [-0.05, 0) is 46.7 Å². The summed E-state index contributed by atoms with van der Waals surface area (Å²) >= 11 is 1.82. The first kappa shape index (κ1) is 15.9. The Kier molecular flexibility index (Phi) is 5.21. The van der Waals surface area contributed by atoms with Crippen LogP contribution in [0.2, 0.25) is 0 Å². The lowest BCUT2D eigenvalue weighted by molar-refractivity contribution is 0.0750. The molecule has 0 saturated heterocycles. The minimum Gasteiger partial charge on any atom is -0.310 e. The predicted molar refractivity (Wildman–Crippen MR) is 87.3 cm³/mol. The summed E-state index contributed by atoms with van der Waals surface area (Å²) < 4.78 is 0. The molecule has 1 aliphatic rings. The summed E-state index contributed by atoms with van der Waals surface area (Å²) in [5.41, 5.74) is 1.53. The Morgan fingerprint density at radius 1 is 1.40 bits per heavy atom. The Balaban J connectivity index is 1.94. The summed E-state index contributed by atoms with van der Waals surface area (Å²) in [6.07, 6.45) is 5.38. The summed E-state index contributed by atoms with van der Waals surface area (Å²) in [7, 11) is 4.48. The van der Waals surface area contributed by atoms with E-state index in [0.717, 1.165) is 19.0 Å². The first-order valence-corrected chi connectivity index (χ1v) is 8.56. The first-order chi connectivity index (χ1) is 9.43. The summed E-state index contributed by atoms with van der Waals surface area (Å²) in [6, 6.07) is 0. The molecule has 1 fully saturated rings. The fourth-order valence-electron chi connectivity index (χ4n) is 3.50. The highest BCUT2D eigenvalue weighted by atomic mass is 32.1. The number of nitrogens with one attached hydrogen (secondary N) is 1. The van der Waals surface area contributed by atoms with Crippen molar-refractivity contribution in [3.8, 4) is 0 Å². The highest BCUT2D eigenvalue weighted by Crippen LogP contribution is 2.35. The van der Waals surface area contributed by atoms with E-state index < -0.39 is 0 Å². The number of aryl methyl sites for hydroxylation is 2. The number of nitrogens with zero attached hydrogens (tertiary/aromatic N) is 2. The van der Waals surface area contributed by atoms with Crippen LogP contribution in [0.1, 0.15) is 48.2 Å². The van der Waals surface area contributed by atoms with Crippen molar-refractivity contribution >= 4 is 11.3 Å². The van der Waals surface area contributed by atoms with Gasteiger partial charge in [-0.1, -0.05) is 19.8 Å². The van der Waals surface area contributed by atoms with E-state index in [1.807, 2.05) is 11.3 Å². The summed E-state index contributed by atoms with van der Waals surface area (Å²) in [5, 5.41) is 4.87. The summed E-state index contributed by atoms with van der Waals surface area (Å²) in [4.78, 5) is 8.34. The maximum absolute atomic E-state index is 4.51. The van der Waals surface area contributed by atoms with E-state index in [1.165, 1.54) is 41.3 Å². The minimum atomic E-state index is 0.339. The lowest BCUT2D eigenvalue weighted by Gasteiger charge is -2.45. The van der Waals surface area contributed by atoms with E-state index in [9.17, 15) is 0 Å². The Hall–Kier alpha value is -0.450. The van der Waals surface area contributed by atoms with Crippen LogP contribution in [0.15, 0.2) is 0 Å². The van der Waals surface area contributed by atoms with Gasteiger partial charge in [0.25, 0.3) is 0 Å². The topological polar surface area (TPSA) is 28.2 Å². The third kappa shape index (κ3) is 3.60. The molecule has 4 heteroatoms. The molecule has 2 rings (SSSR count). The molecule has 0 aromatic carbocycles. The molecular weight excluding hydrogens is 266 g/mol. The van der Waals surface area contributed by atoms with Gasteiger partial charge in [0.2, 0.25) is 0 Å². The van der Waals surface area contributed by atoms with E-state index in [0.29, 0.717) is 5.54 Å². The zero-order valence-corrected chi connectivity index (χ0v) is 14.4. The molecule has 1 aliphatic carbocycles. The van der Waals surface area contributed by atoms with Gasteiger partial charge < -0.3 is 10.2 Å². The van der Waals surface area contributed by atoms with Gasteiger partial charge in [0, 0.05) is 23.5 Å². The summed E-state index contributed by atoms with van der Waals surface area (Å²) in [5.74, 6) is 0.848. The van der Waals surface area contributed by atoms with Gasteiger partial charge in [-0.3, -0.25) is 0 Å². The fraction of sp³-hybridized carbons (Fsp3) is 0.812. The smallest absolute Gasteiger partial charge is 0.0900 e. The van der Waals surface area contributed by atoms with Crippen LogP contribution in [-0.2, 0) is 6.54 Å². The second-order valence-corrected chi connectivity index (χ2v) is 7.95. The van der Waals surface area contributed by atoms with E-state index >= 15 is 0 Å². The van der Waals surface area contributed by atoms with Crippen molar-refractivity contribution in [2.45, 2.75) is 58.5 Å². The van der Waals surface area contributed by atoms with Crippen LogP contribution in [-0.4, -0.2) is 36.1 Å². The normalized spacial score (nSPS) is 27.2. The highest BCUT2D eigenvalue weighted by molar-refractivity contribution is 7.11. The molecule has 0 spiro atoms. The molecule has 20 heavy (non-hydrogen) atoms. The van der Waals surface area contributed by atoms with Crippen molar-refractivity contribution in [3.63, 3.8) is 0 Å². The third-order valence-electron chi connectivity index (χ3n) is 4.76.